The molecule has 0 saturated carbocycles. The number of hydrogen-bond acceptors (Lipinski definition) is 3. The summed E-state index contributed by atoms with van der Waals surface area (Å²) >= 11 is 5.13. The summed E-state index contributed by atoms with van der Waals surface area (Å²) in [7, 11) is 0. The second kappa shape index (κ2) is 6.97. The van der Waals surface area contributed by atoms with Crippen LogP contribution in [-0.2, 0) is 0 Å². The quantitative estimate of drug-likeness (QED) is 0.774. The number of nitrogens with zero attached hydrogens (tertiary/aromatic N) is 1. The minimum Gasteiger partial charge on any atom is -0.465 e. The highest BCUT2D eigenvalue weighted by Crippen LogP contribution is 2.31. The fourth-order valence-electron chi connectivity index (χ4n) is 2.91. The van der Waals surface area contributed by atoms with E-state index in [-0.39, 0.29) is 5.56 Å². The van der Waals surface area contributed by atoms with E-state index in [4.69, 9.17) is 5.11 Å². The predicted molar refractivity (Wildman–Crippen MR) is 95.3 cm³/mol. The van der Waals surface area contributed by atoms with E-state index in [0.717, 1.165) is 33.3 Å². The van der Waals surface area contributed by atoms with Crippen LogP contribution in [0.5, 0.6) is 0 Å². The van der Waals surface area contributed by atoms with Crippen molar-refractivity contribution >= 4 is 44.6 Å². The van der Waals surface area contributed by atoms with Crippen LogP contribution in [0.3, 0.4) is 0 Å². The summed E-state index contributed by atoms with van der Waals surface area (Å²) in [4.78, 5) is 28.3. The Morgan fingerprint density at radius 1 is 1.43 bits per heavy atom. The van der Waals surface area contributed by atoms with Gasteiger partial charge in [0, 0.05) is 45.2 Å². The van der Waals surface area contributed by atoms with Crippen LogP contribution < -0.4 is 5.56 Å². The van der Waals surface area contributed by atoms with Crippen molar-refractivity contribution in [1.82, 2.24) is 9.88 Å². The molecule has 1 aromatic heterocycles. The van der Waals surface area contributed by atoms with E-state index in [1.165, 1.54) is 4.90 Å². The van der Waals surface area contributed by atoms with Gasteiger partial charge >= 0.3 is 6.09 Å². The first kappa shape index (κ1) is 16.4. The number of carbonyl (C=O) groups is 1. The topological polar surface area (TPSA) is 73.4 Å². The largest absolute Gasteiger partial charge is 0.465 e. The van der Waals surface area contributed by atoms with Crippen molar-refractivity contribution in [3.8, 4) is 0 Å². The molecule has 0 bridgehead atoms. The number of thioether (sulfide) groups is 1. The van der Waals surface area contributed by atoms with Crippen molar-refractivity contribution in [2.75, 3.05) is 18.8 Å². The Balaban J connectivity index is 1.77. The monoisotopic (exact) mass is 396 g/mol. The second-order valence-electron chi connectivity index (χ2n) is 5.72. The summed E-state index contributed by atoms with van der Waals surface area (Å²) in [5, 5.41) is 10.7. The molecule has 0 unspecified atom stereocenters. The Hall–Kier alpha value is -1.47. The Kier molecular flexibility index (Phi) is 4.96. The lowest BCUT2D eigenvalue weighted by Crippen LogP contribution is -2.39. The number of benzene rings is 1. The zero-order valence-electron chi connectivity index (χ0n) is 12.4. The average molecular weight is 397 g/mol. The first-order chi connectivity index (χ1) is 11.0. The third-order valence-corrected chi connectivity index (χ3v) is 5.87. The third-order valence-electron chi connectivity index (χ3n) is 4.09. The molecule has 0 spiro atoms. The summed E-state index contributed by atoms with van der Waals surface area (Å²) in [6.45, 7) is 1.22. The number of carboxylic acid groups (broad SMARTS) is 1. The van der Waals surface area contributed by atoms with Crippen LogP contribution in [0.4, 0.5) is 4.79 Å². The van der Waals surface area contributed by atoms with E-state index in [1.54, 1.807) is 18.0 Å². The van der Waals surface area contributed by atoms with Gasteiger partial charge in [0.2, 0.25) is 0 Å². The molecule has 5 nitrogen and oxygen atoms in total. The van der Waals surface area contributed by atoms with E-state index >= 15 is 0 Å². The number of hydrogen-bond donors (Lipinski definition) is 2. The van der Waals surface area contributed by atoms with Gasteiger partial charge in [0.15, 0.2) is 0 Å². The number of aromatic nitrogens is 1. The van der Waals surface area contributed by atoms with Crippen LogP contribution in [0, 0.1) is 5.92 Å². The minimum absolute atomic E-state index is 0.0911. The summed E-state index contributed by atoms with van der Waals surface area (Å²) < 4.78 is 0.937. The minimum atomic E-state index is -0.835. The summed E-state index contributed by atoms with van der Waals surface area (Å²) in [5.41, 5.74) is -0.0911. The molecule has 2 aromatic rings. The predicted octanol–water partition coefficient (Wildman–Crippen LogP) is 3.77. The number of fused-ring (bicyclic) bond motifs is 1. The lowest BCUT2D eigenvalue weighted by atomic mass is 10.0. The fourth-order valence-corrected chi connectivity index (χ4v) is 4.42. The van der Waals surface area contributed by atoms with Crippen molar-refractivity contribution in [2.24, 2.45) is 5.92 Å². The van der Waals surface area contributed by atoms with Gasteiger partial charge < -0.3 is 15.0 Å². The van der Waals surface area contributed by atoms with Crippen molar-refractivity contribution in [1.29, 1.82) is 0 Å². The lowest BCUT2D eigenvalue weighted by molar-refractivity contribution is 0.124. The van der Waals surface area contributed by atoms with Gasteiger partial charge in [-0.2, -0.15) is 0 Å². The zero-order chi connectivity index (χ0) is 16.4. The maximum absolute atomic E-state index is 11.9. The molecule has 2 heterocycles. The van der Waals surface area contributed by atoms with Crippen LogP contribution >= 0.6 is 27.7 Å². The Bertz CT molecular complexity index is 792. The standard InChI is InChI=1S/C16H17BrN2O3S/c17-11-3-4-12-13(6-11)14(7-18-15(12)20)23-9-10-2-1-5-19(8-10)16(21)22/h3-4,6-7,10H,1-2,5,8-9H2,(H,18,20)(H,21,22)/t10-/m0/s1. The van der Waals surface area contributed by atoms with Gasteiger partial charge in [-0.05, 0) is 37.0 Å². The molecule has 3 rings (SSSR count). The molecule has 1 amide bonds. The molecule has 1 saturated heterocycles. The van der Waals surface area contributed by atoms with Gasteiger partial charge in [-0.25, -0.2) is 4.79 Å². The van der Waals surface area contributed by atoms with E-state index in [9.17, 15) is 9.59 Å². The van der Waals surface area contributed by atoms with E-state index in [0.29, 0.717) is 24.4 Å². The number of rotatable bonds is 3. The number of H-pyrrole nitrogens is 1. The molecule has 0 aliphatic carbocycles. The molecule has 1 aliphatic rings. The highest BCUT2D eigenvalue weighted by Gasteiger charge is 2.23. The van der Waals surface area contributed by atoms with Crippen LogP contribution in [0.15, 0.2) is 38.6 Å². The number of halogens is 1. The van der Waals surface area contributed by atoms with Gasteiger partial charge in [-0.1, -0.05) is 15.9 Å². The Labute approximate surface area is 146 Å². The number of amides is 1. The van der Waals surface area contributed by atoms with Crippen LogP contribution in [0.1, 0.15) is 12.8 Å². The van der Waals surface area contributed by atoms with E-state index in [1.807, 2.05) is 18.2 Å². The van der Waals surface area contributed by atoms with Gasteiger partial charge in [-0.15, -0.1) is 11.8 Å². The first-order valence-electron chi connectivity index (χ1n) is 7.46. The number of nitrogens with one attached hydrogen (secondary N) is 1. The van der Waals surface area contributed by atoms with Crippen molar-refractivity contribution < 1.29 is 9.90 Å². The van der Waals surface area contributed by atoms with Crippen molar-refractivity contribution in [3.05, 3.63) is 39.2 Å². The smallest absolute Gasteiger partial charge is 0.407 e. The molecule has 1 aliphatic heterocycles. The number of pyridine rings is 1. The zero-order valence-corrected chi connectivity index (χ0v) is 14.8. The molecular formula is C16H17BrN2O3S. The maximum Gasteiger partial charge on any atom is 0.407 e. The number of likely N-dealkylation sites (tertiary alicyclic amines) is 1. The van der Waals surface area contributed by atoms with Gasteiger partial charge in [-0.3, -0.25) is 4.79 Å². The van der Waals surface area contributed by atoms with Gasteiger partial charge in [0.05, 0.1) is 0 Å². The Morgan fingerprint density at radius 3 is 3.04 bits per heavy atom. The maximum atomic E-state index is 11.9. The van der Waals surface area contributed by atoms with E-state index in [2.05, 4.69) is 20.9 Å². The van der Waals surface area contributed by atoms with Gasteiger partial charge in [0.25, 0.3) is 5.56 Å². The molecule has 1 atom stereocenters. The second-order valence-corrected chi connectivity index (χ2v) is 7.70. The first-order valence-corrected chi connectivity index (χ1v) is 9.24. The number of aromatic amines is 1. The van der Waals surface area contributed by atoms with Crippen LogP contribution in [0.2, 0.25) is 0 Å². The molecule has 7 heteroatoms. The molecular weight excluding hydrogens is 380 g/mol. The fraction of sp³-hybridized carbons (Fsp3) is 0.375. The average Bonchev–Trinajstić information content (AvgIpc) is 2.54. The molecule has 23 heavy (non-hydrogen) atoms. The summed E-state index contributed by atoms with van der Waals surface area (Å²) in [6, 6.07) is 5.63. The van der Waals surface area contributed by atoms with Crippen LogP contribution in [-0.4, -0.2) is 39.9 Å². The summed E-state index contributed by atoms with van der Waals surface area (Å²) in [5.74, 6) is 1.19. The number of piperidine rings is 1. The van der Waals surface area contributed by atoms with Crippen molar-refractivity contribution in [3.63, 3.8) is 0 Å². The van der Waals surface area contributed by atoms with E-state index < -0.39 is 6.09 Å². The third kappa shape index (κ3) is 3.72. The Morgan fingerprint density at radius 2 is 2.26 bits per heavy atom. The molecule has 122 valence electrons. The lowest BCUT2D eigenvalue weighted by Gasteiger charge is -2.30. The normalized spacial score (nSPS) is 18.3. The SMILES string of the molecule is O=C(O)N1CCC[C@H](CSc2c[nH]c(=O)c3ccc(Br)cc23)C1. The molecule has 0 radical (unpaired) electrons. The highest BCUT2D eigenvalue weighted by atomic mass is 79.9. The summed E-state index contributed by atoms with van der Waals surface area (Å²) in [6.07, 6.45) is 2.87. The molecule has 2 N–H and O–H groups in total. The van der Waals surface area contributed by atoms with Gasteiger partial charge in [0.1, 0.15) is 0 Å². The molecule has 1 aromatic carbocycles. The highest BCUT2D eigenvalue weighted by molar-refractivity contribution is 9.10. The van der Waals surface area contributed by atoms with Crippen molar-refractivity contribution in [2.45, 2.75) is 17.7 Å². The van der Waals surface area contributed by atoms with Crippen LogP contribution in [0.25, 0.3) is 10.8 Å². The molecule has 1 fully saturated rings.